The van der Waals surface area contributed by atoms with Gasteiger partial charge in [-0.05, 0) is 5.57 Å². The fourth-order valence-electron chi connectivity index (χ4n) is 2.47. The minimum absolute atomic E-state index is 0.0289. The quantitative estimate of drug-likeness (QED) is 0.543. The van der Waals surface area contributed by atoms with Gasteiger partial charge in [0, 0.05) is 30.6 Å². The Labute approximate surface area is 142 Å². The Balaban J connectivity index is 2.17. The smallest absolute Gasteiger partial charge is 0.352 e. The summed E-state index contributed by atoms with van der Waals surface area (Å²) in [5, 5.41) is 9.27. The molecule has 6 nitrogen and oxygen atoms in total. The average molecular weight is 367 g/mol. The van der Waals surface area contributed by atoms with E-state index in [0.29, 0.717) is 30.8 Å². The number of carboxylic acid groups (broad SMARTS) is 1. The Hall–Kier alpha value is -0.920. The van der Waals surface area contributed by atoms with Crippen molar-refractivity contribution < 1.29 is 19.5 Å². The summed E-state index contributed by atoms with van der Waals surface area (Å²) in [7, 11) is 0. The van der Waals surface area contributed by atoms with Crippen LogP contribution in [0.25, 0.3) is 0 Å². The summed E-state index contributed by atoms with van der Waals surface area (Å²) in [5.41, 5.74) is 0.436. The molecule has 2 rings (SSSR count). The number of amides is 2. The minimum atomic E-state index is -1.16. The van der Waals surface area contributed by atoms with Crippen LogP contribution in [0.1, 0.15) is 12.8 Å². The van der Waals surface area contributed by atoms with Crippen molar-refractivity contribution in [3.8, 4) is 0 Å². The first-order valence-electron chi connectivity index (χ1n) is 6.78. The second kappa shape index (κ2) is 7.57. The van der Waals surface area contributed by atoms with Gasteiger partial charge in [0.15, 0.2) is 0 Å². The molecule has 2 aliphatic heterocycles. The van der Waals surface area contributed by atoms with Gasteiger partial charge in [-0.2, -0.15) is 0 Å². The molecule has 0 unspecified atom stereocenters. The molecule has 0 radical (unpaired) electrons. The van der Waals surface area contributed by atoms with E-state index in [1.807, 2.05) is 0 Å². The van der Waals surface area contributed by atoms with Crippen LogP contribution in [-0.2, 0) is 14.4 Å². The summed E-state index contributed by atoms with van der Waals surface area (Å²) in [6.45, 7) is 0.725. The largest absolute Gasteiger partial charge is 0.477 e. The van der Waals surface area contributed by atoms with Gasteiger partial charge in [0.05, 0.1) is 18.2 Å². The Bertz CT molecular complexity index is 520. The van der Waals surface area contributed by atoms with E-state index in [0.717, 1.165) is 0 Å². The molecular weight excluding hydrogens is 351 g/mol. The third-order valence-corrected chi connectivity index (χ3v) is 5.18. The number of carbonyl (C=O) groups is 3. The van der Waals surface area contributed by atoms with Crippen LogP contribution >= 0.6 is 35.0 Å². The van der Waals surface area contributed by atoms with E-state index < -0.39 is 5.97 Å². The van der Waals surface area contributed by atoms with Crippen LogP contribution in [0.15, 0.2) is 11.3 Å². The van der Waals surface area contributed by atoms with E-state index in [4.69, 9.17) is 23.2 Å². The fourth-order valence-corrected chi connectivity index (χ4v) is 4.15. The SMILES string of the molecule is O=C(O)C1=C(CC(=O)N(CCCl)CCCl)CS[C@@H]2CC(=O)N12. The maximum atomic E-state index is 12.3. The summed E-state index contributed by atoms with van der Waals surface area (Å²) in [5.74, 6) is -0.580. The maximum absolute atomic E-state index is 12.3. The maximum Gasteiger partial charge on any atom is 0.352 e. The molecule has 0 aromatic carbocycles. The molecule has 0 aliphatic carbocycles. The van der Waals surface area contributed by atoms with Crippen LogP contribution in [-0.4, -0.2) is 68.7 Å². The molecule has 0 bridgehead atoms. The van der Waals surface area contributed by atoms with Gasteiger partial charge >= 0.3 is 5.97 Å². The third kappa shape index (κ3) is 3.52. The monoisotopic (exact) mass is 366 g/mol. The molecule has 2 amide bonds. The number of halogens is 2. The van der Waals surface area contributed by atoms with Crippen LogP contribution in [0.4, 0.5) is 0 Å². The number of nitrogens with zero attached hydrogens (tertiary/aromatic N) is 2. The summed E-state index contributed by atoms with van der Waals surface area (Å²) < 4.78 is 0. The molecule has 2 heterocycles. The summed E-state index contributed by atoms with van der Waals surface area (Å²) >= 11 is 12.8. The summed E-state index contributed by atoms with van der Waals surface area (Å²) in [4.78, 5) is 38.2. The zero-order chi connectivity index (χ0) is 16.3. The minimum Gasteiger partial charge on any atom is -0.477 e. The standard InChI is InChI=1S/C13H16Cl2N2O4S/c14-1-3-16(4-2-15)9(18)5-8-7-22-11-6-10(19)17(11)12(8)13(20)21/h11H,1-7H2,(H,20,21)/t11-/m1/s1. The number of carboxylic acids is 1. The Morgan fingerprint density at radius 2 is 1.95 bits per heavy atom. The van der Waals surface area contributed by atoms with E-state index in [1.165, 1.54) is 21.6 Å². The molecule has 0 saturated carbocycles. The van der Waals surface area contributed by atoms with Gasteiger partial charge in [-0.15, -0.1) is 35.0 Å². The lowest BCUT2D eigenvalue weighted by molar-refractivity contribution is -0.146. The highest BCUT2D eigenvalue weighted by Crippen LogP contribution is 2.40. The van der Waals surface area contributed by atoms with Gasteiger partial charge in [0.2, 0.25) is 11.8 Å². The number of aliphatic carboxylic acids is 1. The second-order valence-corrected chi connectivity index (χ2v) is 6.85. The molecule has 22 heavy (non-hydrogen) atoms. The number of β-lactam (4-membered cyclic amide) rings is 1. The molecule has 1 N–H and O–H groups in total. The normalized spacial score (nSPS) is 20.5. The molecule has 122 valence electrons. The first-order valence-corrected chi connectivity index (χ1v) is 8.90. The van der Waals surface area contributed by atoms with Crippen molar-refractivity contribution in [3.63, 3.8) is 0 Å². The lowest BCUT2D eigenvalue weighted by Gasteiger charge is -2.44. The predicted octanol–water partition coefficient (Wildman–Crippen LogP) is 1.33. The lowest BCUT2D eigenvalue weighted by Crippen LogP contribution is -2.54. The number of hydrogen-bond acceptors (Lipinski definition) is 4. The third-order valence-electron chi connectivity index (χ3n) is 3.56. The predicted molar refractivity (Wildman–Crippen MR) is 85.0 cm³/mol. The van der Waals surface area contributed by atoms with E-state index in [9.17, 15) is 19.5 Å². The average Bonchev–Trinajstić information content (AvgIpc) is 2.46. The summed E-state index contributed by atoms with van der Waals surface area (Å²) in [6.07, 6.45) is 0.326. The van der Waals surface area contributed by atoms with Gasteiger partial charge in [-0.1, -0.05) is 0 Å². The molecule has 0 spiro atoms. The zero-order valence-electron chi connectivity index (χ0n) is 11.8. The van der Waals surface area contributed by atoms with Crippen molar-refractivity contribution in [2.24, 2.45) is 0 Å². The number of hydrogen-bond donors (Lipinski definition) is 1. The van der Waals surface area contributed by atoms with Crippen LogP contribution < -0.4 is 0 Å². The van der Waals surface area contributed by atoms with Crippen molar-refractivity contribution in [3.05, 3.63) is 11.3 Å². The van der Waals surface area contributed by atoms with Crippen molar-refractivity contribution in [2.45, 2.75) is 18.2 Å². The van der Waals surface area contributed by atoms with Crippen molar-refractivity contribution in [1.82, 2.24) is 9.80 Å². The van der Waals surface area contributed by atoms with E-state index in [1.54, 1.807) is 0 Å². The van der Waals surface area contributed by atoms with Crippen LogP contribution in [0.3, 0.4) is 0 Å². The molecule has 2 aliphatic rings. The first-order chi connectivity index (χ1) is 10.5. The highest BCUT2D eigenvalue weighted by atomic mass is 35.5. The Kier molecular flexibility index (Phi) is 6.00. The van der Waals surface area contributed by atoms with Crippen molar-refractivity contribution in [2.75, 3.05) is 30.6 Å². The van der Waals surface area contributed by atoms with Crippen LogP contribution in [0, 0.1) is 0 Å². The van der Waals surface area contributed by atoms with E-state index in [-0.39, 0.29) is 41.1 Å². The highest BCUT2D eigenvalue weighted by Gasteiger charge is 2.45. The van der Waals surface area contributed by atoms with Crippen LogP contribution in [0.5, 0.6) is 0 Å². The van der Waals surface area contributed by atoms with Gasteiger partial charge in [-0.3, -0.25) is 14.5 Å². The number of thioether (sulfide) groups is 1. The highest BCUT2D eigenvalue weighted by molar-refractivity contribution is 8.00. The molecular formula is C13H16Cl2N2O4S. The molecule has 1 saturated heterocycles. The second-order valence-electron chi connectivity index (χ2n) is 4.93. The Morgan fingerprint density at radius 3 is 2.45 bits per heavy atom. The first kappa shape index (κ1) is 17.4. The van der Waals surface area contributed by atoms with Gasteiger partial charge in [-0.25, -0.2) is 4.79 Å². The van der Waals surface area contributed by atoms with Gasteiger partial charge in [0.25, 0.3) is 0 Å². The summed E-state index contributed by atoms with van der Waals surface area (Å²) in [6, 6.07) is 0. The Morgan fingerprint density at radius 1 is 1.32 bits per heavy atom. The molecule has 0 aromatic rings. The van der Waals surface area contributed by atoms with Crippen molar-refractivity contribution in [1.29, 1.82) is 0 Å². The van der Waals surface area contributed by atoms with Gasteiger partial charge in [0.1, 0.15) is 5.70 Å². The van der Waals surface area contributed by atoms with Crippen LogP contribution in [0.2, 0.25) is 0 Å². The topological polar surface area (TPSA) is 77.9 Å². The molecule has 1 atom stereocenters. The van der Waals surface area contributed by atoms with E-state index in [2.05, 4.69) is 0 Å². The number of rotatable bonds is 7. The molecule has 1 fully saturated rings. The van der Waals surface area contributed by atoms with Gasteiger partial charge < -0.3 is 10.0 Å². The molecule has 9 heteroatoms. The molecule has 0 aromatic heterocycles. The van der Waals surface area contributed by atoms with Crippen molar-refractivity contribution >= 4 is 52.7 Å². The van der Waals surface area contributed by atoms with E-state index >= 15 is 0 Å². The number of carbonyl (C=O) groups excluding carboxylic acids is 2. The lowest BCUT2D eigenvalue weighted by atomic mass is 10.0. The zero-order valence-corrected chi connectivity index (χ0v) is 14.1. The number of fused-ring (bicyclic) bond motifs is 1. The number of alkyl halides is 2. The fraction of sp³-hybridized carbons (Fsp3) is 0.615.